The molecule has 2 rings (SSSR count). The smallest absolute Gasteiger partial charge is 0.271 e. The third kappa shape index (κ3) is 4.12. The van der Waals surface area contributed by atoms with Gasteiger partial charge in [-0.1, -0.05) is 0 Å². The van der Waals surface area contributed by atoms with Crippen molar-refractivity contribution in [1.29, 1.82) is 0 Å². The van der Waals surface area contributed by atoms with Crippen LogP contribution in [0, 0.1) is 0 Å². The van der Waals surface area contributed by atoms with Gasteiger partial charge in [-0.3, -0.25) is 9.48 Å². The Morgan fingerprint density at radius 1 is 1.48 bits per heavy atom. The number of aromatic nitrogens is 5. The van der Waals surface area contributed by atoms with Gasteiger partial charge >= 0.3 is 0 Å². The molecule has 0 unspecified atom stereocenters. The minimum atomic E-state index is -0.176. The number of amides is 1. The zero-order valence-corrected chi connectivity index (χ0v) is 12.3. The van der Waals surface area contributed by atoms with Crippen LogP contribution in [-0.4, -0.2) is 50.7 Å². The molecule has 1 amide bonds. The van der Waals surface area contributed by atoms with Gasteiger partial charge in [0.2, 0.25) is 0 Å². The minimum absolute atomic E-state index is 0.176. The summed E-state index contributed by atoms with van der Waals surface area (Å²) in [5.74, 6) is 0.650. The maximum Gasteiger partial charge on any atom is 0.271 e. The summed E-state index contributed by atoms with van der Waals surface area (Å²) in [6.07, 6.45) is 4.07. The van der Waals surface area contributed by atoms with Crippen LogP contribution < -0.4 is 5.32 Å². The van der Waals surface area contributed by atoms with Crippen LogP contribution in [-0.2, 0) is 24.2 Å². The molecule has 0 aliphatic carbocycles. The first-order chi connectivity index (χ1) is 10.2. The molecule has 2 aromatic rings. The van der Waals surface area contributed by atoms with Crippen molar-refractivity contribution >= 4 is 5.91 Å². The standard InChI is InChI=1S/C13H20N6O2/c1-3-19-7-5-11(17-19)13(20)14-6-4-12-16-15-10-18(12)8-9-21-2/h5,7,10H,3-4,6,8-9H2,1-2H3,(H,14,20). The number of hydrogen-bond acceptors (Lipinski definition) is 5. The molecule has 2 aromatic heterocycles. The Labute approximate surface area is 123 Å². The highest BCUT2D eigenvalue weighted by Crippen LogP contribution is 1.98. The zero-order valence-electron chi connectivity index (χ0n) is 12.3. The van der Waals surface area contributed by atoms with E-state index in [1.54, 1.807) is 30.4 Å². The van der Waals surface area contributed by atoms with Crippen molar-refractivity contribution in [2.75, 3.05) is 20.3 Å². The van der Waals surface area contributed by atoms with Gasteiger partial charge in [0.15, 0.2) is 0 Å². The van der Waals surface area contributed by atoms with Gasteiger partial charge in [0, 0.05) is 39.4 Å². The predicted molar refractivity (Wildman–Crippen MR) is 75.8 cm³/mol. The lowest BCUT2D eigenvalue weighted by Gasteiger charge is -2.06. The highest BCUT2D eigenvalue weighted by atomic mass is 16.5. The SMILES string of the molecule is CCn1ccc(C(=O)NCCc2nncn2CCOC)n1. The second kappa shape index (κ2) is 7.53. The summed E-state index contributed by atoms with van der Waals surface area (Å²) in [7, 11) is 1.65. The summed E-state index contributed by atoms with van der Waals surface area (Å²) in [5, 5.41) is 14.9. The molecule has 1 N–H and O–H groups in total. The molecule has 2 heterocycles. The summed E-state index contributed by atoms with van der Waals surface area (Å²) in [4.78, 5) is 11.9. The molecule has 0 fully saturated rings. The van der Waals surface area contributed by atoms with Gasteiger partial charge in [-0.15, -0.1) is 10.2 Å². The van der Waals surface area contributed by atoms with Crippen molar-refractivity contribution in [2.24, 2.45) is 0 Å². The Balaban J connectivity index is 1.81. The van der Waals surface area contributed by atoms with Crippen LogP contribution in [0.3, 0.4) is 0 Å². The van der Waals surface area contributed by atoms with E-state index in [9.17, 15) is 4.79 Å². The van der Waals surface area contributed by atoms with E-state index in [0.717, 1.165) is 12.4 Å². The Kier molecular flexibility index (Phi) is 5.44. The Morgan fingerprint density at radius 2 is 2.33 bits per heavy atom. The molecule has 0 radical (unpaired) electrons. The van der Waals surface area contributed by atoms with Crippen molar-refractivity contribution in [1.82, 2.24) is 29.9 Å². The summed E-state index contributed by atoms with van der Waals surface area (Å²) >= 11 is 0. The van der Waals surface area contributed by atoms with Gasteiger partial charge < -0.3 is 14.6 Å². The molecule has 0 bridgehead atoms. The van der Waals surface area contributed by atoms with Crippen LogP contribution in [0.25, 0.3) is 0 Å². The molecule has 114 valence electrons. The molecule has 8 nitrogen and oxygen atoms in total. The van der Waals surface area contributed by atoms with Crippen LogP contribution in [0.15, 0.2) is 18.6 Å². The first-order valence-electron chi connectivity index (χ1n) is 6.92. The number of rotatable bonds is 8. The van der Waals surface area contributed by atoms with Crippen molar-refractivity contribution in [2.45, 2.75) is 26.4 Å². The number of ether oxygens (including phenoxy) is 1. The lowest BCUT2D eigenvalue weighted by Crippen LogP contribution is -2.27. The third-order valence-electron chi connectivity index (χ3n) is 3.06. The second-order valence-electron chi connectivity index (χ2n) is 4.50. The van der Waals surface area contributed by atoms with Crippen molar-refractivity contribution < 1.29 is 9.53 Å². The molecular formula is C13H20N6O2. The molecule has 0 saturated heterocycles. The van der Waals surface area contributed by atoms with E-state index < -0.39 is 0 Å². The van der Waals surface area contributed by atoms with Gasteiger partial charge in [0.25, 0.3) is 5.91 Å². The number of hydrogen-bond donors (Lipinski definition) is 1. The maximum absolute atomic E-state index is 11.9. The summed E-state index contributed by atoms with van der Waals surface area (Å²) < 4.78 is 8.66. The van der Waals surface area contributed by atoms with E-state index in [1.165, 1.54) is 0 Å². The van der Waals surface area contributed by atoms with E-state index in [0.29, 0.717) is 31.8 Å². The quantitative estimate of drug-likeness (QED) is 0.746. The fourth-order valence-electron chi connectivity index (χ4n) is 1.89. The van der Waals surface area contributed by atoms with E-state index >= 15 is 0 Å². The highest BCUT2D eigenvalue weighted by Gasteiger charge is 2.09. The first-order valence-corrected chi connectivity index (χ1v) is 6.92. The van der Waals surface area contributed by atoms with Gasteiger partial charge in [0.1, 0.15) is 17.8 Å². The fraction of sp³-hybridized carbons (Fsp3) is 0.538. The number of aryl methyl sites for hydroxylation is 1. The Bertz CT molecular complexity index is 577. The summed E-state index contributed by atoms with van der Waals surface area (Å²) in [5.41, 5.74) is 0.428. The van der Waals surface area contributed by atoms with Crippen LogP contribution in [0.5, 0.6) is 0 Å². The van der Waals surface area contributed by atoms with E-state index in [2.05, 4.69) is 20.6 Å². The lowest BCUT2D eigenvalue weighted by atomic mass is 10.3. The van der Waals surface area contributed by atoms with E-state index in [-0.39, 0.29) is 5.91 Å². The van der Waals surface area contributed by atoms with Gasteiger partial charge in [-0.25, -0.2) is 0 Å². The summed E-state index contributed by atoms with van der Waals surface area (Å²) in [6.45, 7) is 4.51. The molecule has 0 aliphatic rings. The molecule has 8 heteroatoms. The molecular weight excluding hydrogens is 272 g/mol. The van der Waals surface area contributed by atoms with Gasteiger partial charge in [-0.05, 0) is 13.0 Å². The average Bonchev–Trinajstić information content (AvgIpc) is 3.14. The van der Waals surface area contributed by atoms with E-state index in [4.69, 9.17) is 4.74 Å². The largest absolute Gasteiger partial charge is 0.383 e. The molecule has 0 spiro atoms. The number of methoxy groups -OCH3 is 1. The Morgan fingerprint density at radius 3 is 3.05 bits per heavy atom. The monoisotopic (exact) mass is 292 g/mol. The van der Waals surface area contributed by atoms with Crippen molar-refractivity contribution in [3.63, 3.8) is 0 Å². The van der Waals surface area contributed by atoms with Crippen LogP contribution in [0.1, 0.15) is 23.2 Å². The predicted octanol–water partition coefficient (Wildman–Crippen LogP) is 0.113. The minimum Gasteiger partial charge on any atom is -0.383 e. The molecule has 21 heavy (non-hydrogen) atoms. The Hall–Kier alpha value is -2.22. The van der Waals surface area contributed by atoms with Crippen molar-refractivity contribution in [3.05, 3.63) is 30.1 Å². The molecule has 0 aliphatic heterocycles. The molecule has 0 atom stereocenters. The topological polar surface area (TPSA) is 86.9 Å². The summed E-state index contributed by atoms with van der Waals surface area (Å²) in [6, 6.07) is 1.71. The second-order valence-corrected chi connectivity index (χ2v) is 4.50. The zero-order chi connectivity index (χ0) is 15.1. The fourth-order valence-corrected chi connectivity index (χ4v) is 1.89. The van der Waals surface area contributed by atoms with Crippen LogP contribution >= 0.6 is 0 Å². The number of carbonyl (C=O) groups is 1. The lowest BCUT2D eigenvalue weighted by molar-refractivity contribution is 0.0948. The number of carbonyl (C=O) groups excluding carboxylic acids is 1. The normalized spacial score (nSPS) is 10.8. The maximum atomic E-state index is 11.9. The number of nitrogens with zero attached hydrogens (tertiary/aromatic N) is 5. The molecule has 0 saturated carbocycles. The highest BCUT2D eigenvalue weighted by molar-refractivity contribution is 5.92. The average molecular weight is 292 g/mol. The van der Waals surface area contributed by atoms with Crippen LogP contribution in [0.2, 0.25) is 0 Å². The van der Waals surface area contributed by atoms with Gasteiger partial charge in [-0.2, -0.15) is 5.10 Å². The van der Waals surface area contributed by atoms with E-state index in [1.807, 2.05) is 11.5 Å². The third-order valence-corrected chi connectivity index (χ3v) is 3.06. The first kappa shape index (κ1) is 15.2. The number of nitrogens with one attached hydrogen (secondary N) is 1. The van der Waals surface area contributed by atoms with Crippen LogP contribution in [0.4, 0.5) is 0 Å². The van der Waals surface area contributed by atoms with Crippen molar-refractivity contribution in [3.8, 4) is 0 Å². The van der Waals surface area contributed by atoms with Gasteiger partial charge in [0.05, 0.1) is 6.61 Å². The molecule has 0 aromatic carbocycles.